The molecule has 1 fully saturated rings. The van der Waals surface area contributed by atoms with Crippen molar-refractivity contribution in [3.8, 4) is 0 Å². The smallest absolute Gasteiger partial charge is 0.413 e. The average molecular weight is 392 g/mol. The Hall–Kier alpha value is -2.68. The van der Waals surface area contributed by atoms with E-state index < -0.39 is 6.09 Å². The number of benzene rings is 1. The zero-order valence-electron chi connectivity index (χ0n) is 15.0. The van der Waals surface area contributed by atoms with E-state index in [9.17, 15) is 14.0 Å². The van der Waals surface area contributed by atoms with Gasteiger partial charge in [-0.05, 0) is 31.2 Å². The summed E-state index contributed by atoms with van der Waals surface area (Å²) in [5, 5.41) is 4.70. The molecule has 1 aromatic carbocycles. The number of aromatic nitrogens is 1. The molecule has 1 aromatic heterocycles. The highest BCUT2D eigenvalue weighted by Gasteiger charge is 2.22. The number of carbonyl (C=O) groups excluding carboxylic acids is 2. The van der Waals surface area contributed by atoms with Crippen LogP contribution in [-0.2, 0) is 16.0 Å². The summed E-state index contributed by atoms with van der Waals surface area (Å²) in [6.45, 7) is 4.62. The van der Waals surface area contributed by atoms with Crippen molar-refractivity contribution < 1.29 is 18.7 Å². The third-order valence-corrected chi connectivity index (χ3v) is 5.00. The number of amides is 2. The lowest BCUT2D eigenvalue weighted by atomic mass is 10.2. The Bertz CT molecular complexity index is 788. The quantitative estimate of drug-likeness (QED) is 0.847. The van der Waals surface area contributed by atoms with Crippen molar-refractivity contribution in [2.45, 2.75) is 13.3 Å². The minimum atomic E-state index is -0.554. The predicted molar refractivity (Wildman–Crippen MR) is 102 cm³/mol. The minimum Gasteiger partial charge on any atom is -0.450 e. The maximum absolute atomic E-state index is 13.0. The second-order valence-electron chi connectivity index (χ2n) is 6.01. The molecule has 1 aliphatic rings. The van der Waals surface area contributed by atoms with Crippen molar-refractivity contribution in [3.05, 3.63) is 41.2 Å². The maximum Gasteiger partial charge on any atom is 0.413 e. The van der Waals surface area contributed by atoms with Gasteiger partial charge in [-0.15, -0.1) is 11.3 Å². The van der Waals surface area contributed by atoms with E-state index in [-0.39, 0.29) is 24.8 Å². The fourth-order valence-corrected chi connectivity index (χ4v) is 3.53. The van der Waals surface area contributed by atoms with Crippen molar-refractivity contribution in [2.75, 3.05) is 43.0 Å². The average Bonchev–Trinajstić information content (AvgIpc) is 3.09. The second kappa shape index (κ2) is 8.81. The highest BCUT2D eigenvalue weighted by molar-refractivity contribution is 7.13. The molecule has 2 aromatic rings. The Morgan fingerprint density at radius 1 is 1.22 bits per heavy atom. The normalized spacial score (nSPS) is 14.1. The lowest BCUT2D eigenvalue weighted by Gasteiger charge is -2.36. The van der Waals surface area contributed by atoms with E-state index in [0.717, 1.165) is 5.69 Å². The van der Waals surface area contributed by atoms with Gasteiger partial charge in [0, 0.05) is 37.2 Å². The molecule has 0 bridgehead atoms. The summed E-state index contributed by atoms with van der Waals surface area (Å²) >= 11 is 1.26. The van der Waals surface area contributed by atoms with Gasteiger partial charge in [0.05, 0.1) is 18.7 Å². The van der Waals surface area contributed by atoms with Gasteiger partial charge in [0.2, 0.25) is 5.91 Å². The Labute approximate surface area is 160 Å². The Morgan fingerprint density at radius 2 is 1.93 bits per heavy atom. The first-order valence-electron chi connectivity index (χ1n) is 8.71. The summed E-state index contributed by atoms with van der Waals surface area (Å²) in [5.74, 6) is -0.255. The van der Waals surface area contributed by atoms with E-state index >= 15 is 0 Å². The lowest BCUT2D eigenvalue weighted by molar-refractivity contribution is -0.130. The van der Waals surface area contributed by atoms with Crippen LogP contribution in [0.2, 0.25) is 0 Å². The fraction of sp³-hybridized carbons (Fsp3) is 0.389. The molecule has 144 valence electrons. The van der Waals surface area contributed by atoms with Crippen LogP contribution in [0.3, 0.4) is 0 Å². The van der Waals surface area contributed by atoms with Gasteiger partial charge < -0.3 is 14.5 Å². The van der Waals surface area contributed by atoms with Crippen molar-refractivity contribution in [1.82, 2.24) is 9.88 Å². The van der Waals surface area contributed by atoms with Crippen LogP contribution in [0.5, 0.6) is 0 Å². The van der Waals surface area contributed by atoms with Gasteiger partial charge in [-0.1, -0.05) is 0 Å². The minimum absolute atomic E-state index is 0.00161. The molecule has 9 heteroatoms. The number of rotatable bonds is 5. The number of anilines is 2. The first-order chi connectivity index (χ1) is 13.0. The first-order valence-corrected chi connectivity index (χ1v) is 9.59. The standard InChI is InChI=1S/C18H21FN4O3S/c1-2-26-18(25)21-17-20-14(12-27-17)11-16(24)23-9-7-22(8-10-23)15-5-3-13(19)4-6-15/h3-6,12H,2,7-11H2,1H3,(H,20,21,25). The Kier molecular flexibility index (Phi) is 6.23. The van der Waals surface area contributed by atoms with E-state index in [1.165, 1.54) is 23.5 Å². The third-order valence-electron chi connectivity index (χ3n) is 4.19. The van der Waals surface area contributed by atoms with Gasteiger partial charge in [-0.2, -0.15) is 0 Å². The number of halogens is 1. The molecule has 0 aliphatic carbocycles. The highest BCUT2D eigenvalue weighted by Crippen LogP contribution is 2.19. The van der Waals surface area contributed by atoms with E-state index in [0.29, 0.717) is 37.0 Å². The van der Waals surface area contributed by atoms with E-state index in [2.05, 4.69) is 15.2 Å². The summed E-state index contributed by atoms with van der Waals surface area (Å²) in [7, 11) is 0. The van der Waals surface area contributed by atoms with Gasteiger partial charge in [-0.3, -0.25) is 10.1 Å². The van der Waals surface area contributed by atoms with E-state index in [1.54, 1.807) is 29.3 Å². The summed E-state index contributed by atoms with van der Waals surface area (Å²) in [6.07, 6.45) is -0.362. The number of piperazine rings is 1. The monoisotopic (exact) mass is 392 g/mol. The molecule has 2 amide bonds. The summed E-state index contributed by atoms with van der Waals surface area (Å²) < 4.78 is 17.8. The summed E-state index contributed by atoms with van der Waals surface area (Å²) in [6, 6.07) is 6.38. The molecule has 0 radical (unpaired) electrons. The summed E-state index contributed by atoms with van der Waals surface area (Å²) in [5.41, 5.74) is 1.58. The molecule has 0 saturated carbocycles. The highest BCUT2D eigenvalue weighted by atomic mass is 32.1. The van der Waals surface area contributed by atoms with Crippen LogP contribution in [-0.4, -0.2) is 54.7 Å². The molecule has 7 nitrogen and oxygen atoms in total. The van der Waals surface area contributed by atoms with Crippen molar-refractivity contribution >= 4 is 34.2 Å². The molecule has 1 aliphatic heterocycles. The second-order valence-corrected chi connectivity index (χ2v) is 6.87. The number of thiazole rings is 1. The maximum atomic E-state index is 13.0. The van der Waals surface area contributed by atoms with E-state index in [4.69, 9.17) is 4.74 Å². The van der Waals surface area contributed by atoms with Crippen LogP contribution in [0.25, 0.3) is 0 Å². The van der Waals surface area contributed by atoms with Crippen LogP contribution in [0.1, 0.15) is 12.6 Å². The molecule has 2 heterocycles. The number of hydrogen-bond acceptors (Lipinski definition) is 6. The van der Waals surface area contributed by atoms with Gasteiger partial charge in [0.1, 0.15) is 5.82 Å². The number of nitrogens with zero attached hydrogens (tertiary/aromatic N) is 3. The van der Waals surface area contributed by atoms with Crippen LogP contribution in [0.4, 0.5) is 20.0 Å². The van der Waals surface area contributed by atoms with Crippen molar-refractivity contribution in [2.24, 2.45) is 0 Å². The van der Waals surface area contributed by atoms with Crippen molar-refractivity contribution in [1.29, 1.82) is 0 Å². The molecule has 1 saturated heterocycles. The van der Waals surface area contributed by atoms with Gasteiger partial charge in [0.15, 0.2) is 5.13 Å². The lowest BCUT2D eigenvalue weighted by Crippen LogP contribution is -2.49. The summed E-state index contributed by atoms with van der Waals surface area (Å²) in [4.78, 5) is 32.1. The van der Waals surface area contributed by atoms with Gasteiger partial charge in [-0.25, -0.2) is 14.2 Å². The molecular formula is C18H21FN4O3S. The Balaban J connectivity index is 1.49. The SMILES string of the molecule is CCOC(=O)Nc1nc(CC(=O)N2CCN(c3ccc(F)cc3)CC2)cs1. The van der Waals surface area contributed by atoms with Gasteiger partial charge in [0.25, 0.3) is 0 Å². The third kappa shape index (κ3) is 5.16. The molecule has 0 unspecified atom stereocenters. The molecule has 1 N–H and O–H groups in total. The van der Waals surface area contributed by atoms with Crippen molar-refractivity contribution in [3.63, 3.8) is 0 Å². The van der Waals surface area contributed by atoms with Crippen LogP contribution < -0.4 is 10.2 Å². The molecule has 3 rings (SSSR count). The fourth-order valence-electron chi connectivity index (χ4n) is 2.83. The molecule has 0 atom stereocenters. The first kappa shape index (κ1) is 19.1. The largest absolute Gasteiger partial charge is 0.450 e. The zero-order valence-corrected chi connectivity index (χ0v) is 15.8. The number of carbonyl (C=O) groups is 2. The number of hydrogen-bond donors (Lipinski definition) is 1. The topological polar surface area (TPSA) is 74.8 Å². The van der Waals surface area contributed by atoms with Crippen LogP contribution in [0, 0.1) is 5.82 Å². The number of ether oxygens (including phenoxy) is 1. The number of nitrogens with one attached hydrogen (secondary N) is 1. The molecule has 0 spiro atoms. The van der Waals surface area contributed by atoms with Gasteiger partial charge >= 0.3 is 6.09 Å². The molecular weight excluding hydrogens is 371 g/mol. The Morgan fingerprint density at radius 3 is 2.59 bits per heavy atom. The van der Waals surface area contributed by atoms with E-state index in [1.807, 2.05) is 0 Å². The predicted octanol–water partition coefficient (Wildman–Crippen LogP) is 2.74. The zero-order chi connectivity index (χ0) is 19.2. The molecule has 27 heavy (non-hydrogen) atoms. The van der Waals surface area contributed by atoms with Crippen LogP contribution in [0.15, 0.2) is 29.6 Å². The van der Waals surface area contributed by atoms with Crippen LogP contribution >= 0.6 is 11.3 Å².